The highest BCUT2D eigenvalue weighted by Crippen LogP contribution is 2.32. The Labute approximate surface area is 96.5 Å². The van der Waals surface area contributed by atoms with Crippen molar-refractivity contribution in [2.75, 3.05) is 0 Å². The van der Waals surface area contributed by atoms with Gasteiger partial charge in [0.1, 0.15) is 5.82 Å². The van der Waals surface area contributed by atoms with Crippen molar-refractivity contribution >= 4 is 11.6 Å². The number of alkyl halides is 1. The van der Waals surface area contributed by atoms with Crippen molar-refractivity contribution in [3.8, 4) is 0 Å². The summed E-state index contributed by atoms with van der Waals surface area (Å²) in [5, 5.41) is -0.00995. The number of aryl methyl sites for hydroxylation is 1. The van der Waals surface area contributed by atoms with E-state index in [1.54, 1.807) is 13.0 Å². The van der Waals surface area contributed by atoms with Crippen LogP contribution in [0.5, 0.6) is 0 Å². The SMILES string of the molecule is CCCC(C)C(Cl)c1ccc(F)c(C)c1. The van der Waals surface area contributed by atoms with Crippen molar-refractivity contribution in [1.82, 2.24) is 0 Å². The van der Waals surface area contributed by atoms with Crippen LogP contribution in [0.3, 0.4) is 0 Å². The second kappa shape index (κ2) is 5.50. The second-order valence-electron chi connectivity index (χ2n) is 4.18. The van der Waals surface area contributed by atoms with Gasteiger partial charge in [0.05, 0.1) is 5.38 Å². The molecule has 1 aromatic rings. The monoisotopic (exact) mass is 228 g/mol. The third-order valence-corrected chi connectivity index (χ3v) is 3.43. The minimum atomic E-state index is -0.161. The molecule has 0 radical (unpaired) electrons. The summed E-state index contributed by atoms with van der Waals surface area (Å²) >= 11 is 6.34. The van der Waals surface area contributed by atoms with Crippen LogP contribution >= 0.6 is 11.6 Å². The van der Waals surface area contributed by atoms with Crippen LogP contribution < -0.4 is 0 Å². The molecule has 0 aliphatic rings. The van der Waals surface area contributed by atoms with E-state index >= 15 is 0 Å². The summed E-state index contributed by atoms with van der Waals surface area (Å²) in [6.45, 7) is 6.06. The maximum absolute atomic E-state index is 13.1. The van der Waals surface area contributed by atoms with E-state index in [1.807, 2.05) is 6.07 Å². The summed E-state index contributed by atoms with van der Waals surface area (Å²) in [6, 6.07) is 5.13. The van der Waals surface area contributed by atoms with E-state index in [-0.39, 0.29) is 11.2 Å². The normalized spacial score (nSPS) is 15.0. The third kappa shape index (κ3) is 3.20. The van der Waals surface area contributed by atoms with Gasteiger partial charge in [-0.2, -0.15) is 0 Å². The summed E-state index contributed by atoms with van der Waals surface area (Å²) < 4.78 is 13.1. The largest absolute Gasteiger partial charge is 0.207 e. The highest BCUT2D eigenvalue weighted by Gasteiger charge is 2.16. The minimum Gasteiger partial charge on any atom is -0.207 e. The molecule has 0 aliphatic heterocycles. The molecule has 2 unspecified atom stereocenters. The number of rotatable bonds is 4. The van der Waals surface area contributed by atoms with Gasteiger partial charge in [0.25, 0.3) is 0 Å². The Balaban J connectivity index is 2.81. The molecule has 0 fully saturated rings. The van der Waals surface area contributed by atoms with Crippen molar-refractivity contribution in [1.29, 1.82) is 0 Å². The molecule has 84 valence electrons. The topological polar surface area (TPSA) is 0 Å². The molecule has 1 rings (SSSR count). The maximum atomic E-state index is 13.1. The van der Waals surface area contributed by atoms with E-state index in [0.29, 0.717) is 11.5 Å². The molecule has 0 nitrogen and oxygen atoms in total. The molecule has 0 bridgehead atoms. The maximum Gasteiger partial charge on any atom is 0.126 e. The quantitative estimate of drug-likeness (QED) is 0.647. The van der Waals surface area contributed by atoms with Crippen LogP contribution in [0.15, 0.2) is 18.2 Å². The molecule has 2 heteroatoms. The fourth-order valence-corrected chi connectivity index (χ4v) is 2.03. The molecule has 0 saturated heterocycles. The summed E-state index contributed by atoms with van der Waals surface area (Å²) in [4.78, 5) is 0. The van der Waals surface area contributed by atoms with Crippen LogP contribution in [0.25, 0.3) is 0 Å². The smallest absolute Gasteiger partial charge is 0.126 e. The molecule has 0 amide bonds. The molecule has 0 spiro atoms. The Bertz CT molecular complexity index is 322. The van der Waals surface area contributed by atoms with E-state index in [1.165, 1.54) is 6.07 Å². The molecule has 0 N–H and O–H groups in total. The van der Waals surface area contributed by atoms with Gasteiger partial charge in [0.15, 0.2) is 0 Å². The molecular formula is C13H18ClF. The fraction of sp³-hybridized carbons (Fsp3) is 0.538. The van der Waals surface area contributed by atoms with Crippen LogP contribution in [0.4, 0.5) is 4.39 Å². The van der Waals surface area contributed by atoms with Crippen molar-refractivity contribution in [2.24, 2.45) is 5.92 Å². The van der Waals surface area contributed by atoms with Crippen molar-refractivity contribution in [3.05, 3.63) is 35.1 Å². The Hall–Kier alpha value is -0.560. The molecule has 1 aromatic carbocycles. The van der Waals surface area contributed by atoms with Crippen molar-refractivity contribution in [2.45, 2.75) is 39.0 Å². The van der Waals surface area contributed by atoms with E-state index in [4.69, 9.17) is 11.6 Å². The summed E-state index contributed by atoms with van der Waals surface area (Å²) in [6.07, 6.45) is 2.23. The zero-order valence-electron chi connectivity index (χ0n) is 9.56. The van der Waals surface area contributed by atoms with Gasteiger partial charge in [0.2, 0.25) is 0 Å². The van der Waals surface area contributed by atoms with Crippen LogP contribution in [0.2, 0.25) is 0 Å². The van der Waals surface area contributed by atoms with Crippen LogP contribution in [0, 0.1) is 18.7 Å². The Kier molecular flexibility index (Phi) is 4.59. The van der Waals surface area contributed by atoms with E-state index < -0.39 is 0 Å². The zero-order chi connectivity index (χ0) is 11.4. The van der Waals surface area contributed by atoms with Crippen LogP contribution in [-0.2, 0) is 0 Å². The molecule has 0 aliphatic carbocycles. The van der Waals surface area contributed by atoms with E-state index in [0.717, 1.165) is 18.4 Å². The Morgan fingerprint density at radius 2 is 2.07 bits per heavy atom. The first-order chi connectivity index (χ1) is 7.06. The molecular weight excluding hydrogens is 211 g/mol. The van der Waals surface area contributed by atoms with Gasteiger partial charge < -0.3 is 0 Å². The van der Waals surface area contributed by atoms with Crippen molar-refractivity contribution in [3.63, 3.8) is 0 Å². The molecule has 2 atom stereocenters. The highest BCUT2D eigenvalue weighted by atomic mass is 35.5. The van der Waals surface area contributed by atoms with E-state index in [2.05, 4.69) is 13.8 Å². The predicted octanol–water partition coefficient (Wildman–Crippen LogP) is 4.85. The van der Waals surface area contributed by atoms with Gasteiger partial charge >= 0.3 is 0 Å². The van der Waals surface area contributed by atoms with Gasteiger partial charge in [-0.3, -0.25) is 0 Å². The first-order valence-electron chi connectivity index (χ1n) is 5.46. The van der Waals surface area contributed by atoms with Crippen LogP contribution in [-0.4, -0.2) is 0 Å². The van der Waals surface area contributed by atoms with Gasteiger partial charge in [-0.15, -0.1) is 11.6 Å². The summed E-state index contributed by atoms with van der Waals surface area (Å²) in [5.41, 5.74) is 1.69. The number of halogens is 2. The highest BCUT2D eigenvalue weighted by molar-refractivity contribution is 6.21. The molecule has 15 heavy (non-hydrogen) atoms. The van der Waals surface area contributed by atoms with E-state index in [9.17, 15) is 4.39 Å². The summed E-state index contributed by atoms with van der Waals surface area (Å²) in [7, 11) is 0. The minimum absolute atomic E-state index is 0.00995. The molecule has 0 heterocycles. The molecule has 0 aromatic heterocycles. The van der Waals surface area contributed by atoms with Crippen LogP contribution in [0.1, 0.15) is 43.2 Å². The first kappa shape index (κ1) is 12.5. The Morgan fingerprint density at radius 1 is 1.40 bits per heavy atom. The zero-order valence-corrected chi connectivity index (χ0v) is 10.3. The first-order valence-corrected chi connectivity index (χ1v) is 5.90. The third-order valence-electron chi connectivity index (χ3n) is 2.74. The van der Waals surface area contributed by atoms with Gasteiger partial charge in [0, 0.05) is 0 Å². The van der Waals surface area contributed by atoms with Gasteiger partial charge in [-0.1, -0.05) is 32.4 Å². The lowest BCUT2D eigenvalue weighted by Crippen LogP contribution is -2.04. The van der Waals surface area contributed by atoms with Crippen molar-refractivity contribution < 1.29 is 4.39 Å². The lowest BCUT2D eigenvalue weighted by molar-refractivity contribution is 0.506. The second-order valence-corrected chi connectivity index (χ2v) is 4.65. The Morgan fingerprint density at radius 3 is 2.60 bits per heavy atom. The number of benzene rings is 1. The van der Waals surface area contributed by atoms with Gasteiger partial charge in [-0.05, 0) is 36.5 Å². The number of hydrogen-bond donors (Lipinski definition) is 0. The fourth-order valence-electron chi connectivity index (χ4n) is 1.77. The number of hydrogen-bond acceptors (Lipinski definition) is 0. The predicted molar refractivity (Wildman–Crippen MR) is 63.8 cm³/mol. The summed E-state index contributed by atoms with van der Waals surface area (Å²) in [5.74, 6) is 0.271. The standard InChI is InChI=1S/C13H18ClF/c1-4-5-9(2)13(14)11-6-7-12(15)10(3)8-11/h6-9,13H,4-5H2,1-3H3. The van der Waals surface area contributed by atoms with Gasteiger partial charge in [-0.25, -0.2) is 4.39 Å². The lowest BCUT2D eigenvalue weighted by atomic mass is 9.95. The average molecular weight is 229 g/mol. The average Bonchev–Trinajstić information content (AvgIpc) is 2.21. The lowest BCUT2D eigenvalue weighted by Gasteiger charge is -2.18. The molecule has 0 saturated carbocycles.